The summed E-state index contributed by atoms with van der Waals surface area (Å²) in [4.78, 5) is 33.8. The van der Waals surface area contributed by atoms with Crippen molar-refractivity contribution >= 4 is 58.0 Å². The summed E-state index contributed by atoms with van der Waals surface area (Å²) in [5, 5.41) is 15.8. The number of carbonyl (C=O) groups excluding carboxylic acids is 2. The van der Waals surface area contributed by atoms with Crippen LogP contribution in [-0.4, -0.2) is 26.8 Å². The summed E-state index contributed by atoms with van der Waals surface area (Å²) in [7, 11) is 0. The lowest BCUT2D eigenvalue weighted by Gasteiger charge is -2.26. The standard InChI is InChI=1S/C17H14Cl3N3O5/c1-10(24)21-12-5-3-7-14(9-12)28-16(17(18,19)20)22-15(25)11-4-2-6-13(8-11)23(26)27/h2-9,16H,1H3,(H,21,24)(H,22,25). The van der Waals surface area contributed by atoms with Crippen molar-refractivity contribution in [1.29, 1.82) is 0 Å². The highest BCUT2D eigenvalue weighted by atomic mass is 35.6. The highest BCUT2D eigenvalue weighted by molar-refractivity contribution is 6.68. The van der Waals surface area contributed by atoms with Crippen molar-refractivity contribution in [2.75, 3.05) is 5.32 Å². The molecule has 0 aliphatic rings. The van der Waals surface area contributed by atoms with Gasteiger partial charge in [-0.25, -0.2) is 0 Å². The van der Waals surface area contributed by atoms with Crippen LogP contribution in [0.25, 0.3) is 0 Å². The van der Waals surface area contributed by atoms with Gasteiger partial charge in [0, 0.05) is 36.4 Å². The summed E-state index contributed by atoms with van der Waals surface area (Å²) >= 11 is 17.7. The number of nitro groups is 1. The molecular formula is C17H14Cl3N3O5. The van der Waals surface area contributed by atoms with E-state index in [1.807, 2.05) is 0 Å². The SMILES string of the molecule is CC(=O)Nc1cccc(OC(NC(=O)c2cccc([N+](=O)[O-])c2)C(Cl)(Cl)Cl)c1. The molecule has 2 amide bonds. The number of nitrogens with one attached hydrogen (secondary N) is 2. The Bertz CT molecular complexity index is 902. The Labute approximate surface area is 174 Å². The van der Waals surface area contributed by atoms with Crippen LogP contribution in [0.15, 0.2) is 48.5 Å². The number of hydrogen-bond acceptors (Lipinski definition) is 5. The zero-order valence-electron chi connectivity index (χ0n) is 14.3. The predicted molar refractivity (Wildman–Crippen MR) is 106 cm³/mol. The molecule has 2 N–H and O–H groups in total. The van der Waals surface area contributed by atoms with Crippen LogP contribution < -0.4 is 15.4 Å². The summed E-state index contributed by atoms with van der Waals surface area (Å²) in [6, 6.07) is 11.3. The van der Waals surface area contributed by atoms with Crippen molar-refractivity contribution in [3.63, 3.8) is 0 Å². The fraction of sp³-hybridized carbons (Fsp3) is 0.176. The molecule has 148 valence electrons. The van der Waals surface area contributed by atoms with E-state index in [0.29, 0.717) is 5.69 Å². The van der Waals surface area contributed by atoms with Crippen LogP contribution in [0, 0.1) is 10.1 Å². The Morgan fingerprint density at radius 2 is 1.82 bits per heavy atom. The number of anilines is 1. The van der Waals surface area contributed by atoms with Crippen LogP contribution in [0.1, 0.15) is 17.3 Å². The van der Waals surface area contributed by atoms with Crippen LogP contribution in [0.5, 0.6) is 5.75 Å². The number of rotatable bonds is 6. The minimum atomic E-state index is -2.06. The molecule has 0 bridgehead atoms. The smallest absolute Gasteiger partial charge is 0.270 e. The van der Waals surface area contributed by atoms with E-state index in [-0.39, 0.29) is 22.9 Å². The zero-order valence-corrected chi connectivity index (χ0v) is 16.6. The Morgan fingerprint density at radius 3 is 2.43 bits per heavy atom. The average molecular weight is 447 g/mol. The number of non-ortho nitro benzene ring substituents is 1. The Morgan fingerprint density at radius 1 is 1.14 bits per heavy atom. The lowest BCUT2D eigenvalue weighted by Crippen LogP contribution is -2.47. The lowest BCUT2D eigenvalue weighted by atomic mass is 10.2. The van der Waals surface area contributed by atoms with Crippen LogP contribution in [-0.2, 0) is 4.79 Å². The third-order valence-electron chi connectivity index (χ3n) is 3.29. The first kappa shape index (κ1) is 21.7. The van der Waals surface area contributed by atoms with Crippen molar-refractivity contribution in [1.82, 2.24) is 5.32 Å². The van der Waals surface area contributed by atoms with Gasteiger partial charge in [-0.3, -0.25) is 19.7 Å². The second kappa shape index (κ2) is 9.09. The summed E-state index contributed by atoms with van der Waals surface area (Å²) in [6.45, 7) is 1.34. The van der Waals surface area contributed by atoms with Crippen molar-refractivity contribution in [2.24, 2.45) is 0 Å². The number of hydrogen-bond donors (Lipinski definition) is 2. The molecule has 0 saturated carbocycles. The van der Waals surface area contributed by atoms with Gasteiger partial charge in [0.1, 0.15) is 5.75 Å². The summed E-state index contributed by atoms with van der Waals surface area (Å²) in [6.07, 6.45) is -1.42. The first-order valence-electron chi connectivity index (χ1n) is 7.72. The fourth-order valence-corrected chi connectivity index (χ4v) is 2.43. The van der Waals surface area contributed by atoms with Gasteiger partial charge in [0.2, 0.25) is 15.9 Å². The van der Waals surface area contributed by atoms with Gasteiger partial charge in [-0.15, -0.1) is 0 Å². The highest BCUT2D eigenvalue weighted by Gasteiger charge is 2.36. The maximum absolute atomic E-state index is 12.4. The Balaban J connectivity index is 2.21. The molecular weight excluding hydrogens is 433 g/mol. The Kier molecular flexibility index (Phi) is 7.06. The van der Waals surface area contributed by atoms with E-state index in [1.165, 1.54) is 37.3 Å². The third kappa shape index (κ3) is 6.26. The first-order chi connectivity index (χ1) is 13.1. The lowest BCUT2D eigenvalue weighted by molar-refractivity contribution is -0.384. The molecule has 0 saturated heterocycles. The number of nitro benzene ring substituents is 1. The summed E-state index contributed by atoms with van der Waals surface area (Å²) in [5.74, 6) is -0.811. The molecule has 0 spiro atoms. The van der Waals surface area contributed by atoms with Crippen LogP contribution in [0.3, 0.4) is 0 Å². The molecule has 28 heavy (non-hydrogen) atoms. The number of benzene rings is 2. The van der Waals surface area contributed by atoms with Gasteiger partial charge in [-0.1, -0.05) is 46.9 Å². The van der Waals surface area contributed by atoms with E-state index in [1.54, 1.807) is 12.1 Å². The minimum absolute atomic E-state index is 0.0101. The summed E-state index contributed by atoms with van der Waals surface area (Å²) in [5.41, 5.74) is 0.170. The molecule has 2 rings (SSSR count). The van der Waals surface area contributed by atoms with E-state index in [4.69, 9.17) is 39.5 Å². The maximum atomic E-state index is 12.4. The van der Waals surface area contributed by atoms with Crippen molar-refractivity contribution in [3.8, 4) is 5.75 Å². The molecule has 0 aliphatic carbocycles. The number of alkyl halides is 3. The second-order valence-electron chi connectivity index (χ2n) is 5.53. The normalized spacial score (nSPS) is 12.0. The average Bonchev–Trinajstić information content (AvgIpc) is 2.60. The topological polar surface area (TPSA) is 111 Å². The van der Waals surface area contributed by atoms with Gasteiger partial charge in [0.25, 0.3) is 11.6 Å². The van der Waals surface area contributed by atoms with Crippen molar-refractivity contribution in [2.45, 2.75) is 16.9 Å². The maximum Gasteiger partial charge on any atom is 0.270 e. The summed E-state index contributed by atoms with van der Waals surface area (Å²) < 4.78 is 3.50. The molecule has 0 fully saturated rings. The third-order valence-corrected chi connectivity index (χ3v) is 3.88. The molecule has 0 heterocycles. The van der Waals surface area contributed by atoms with E-state index >= 15 is 0 Å². The molecule has 2 aromatic carbocycles. The zero-order chi connectivity index (χ0) is 20.9. The molecule has 1 unspecified atom stereocenters. The molecule has 0 radical (unpaired) electrons. The molecule has 2 aromatic rings. The van der Waals surface area contributed by atoms with E-state index in [9.17, 15) is 19.7 Å². The van der Waals surface area contributed by atoms with Crippen molar-refractivity contribution < 1.29 is 19.2 Å². The van der Waals surface area contributed by atoms with Gasteiger partial charge in [-0.05, 0) is 18.2 Å². The van der Waals surface area contributed by atoms with E-state index in [0.717, 1.165) is 6.07 Å². The van der Waals surface area contributed by atoms with Gasteiger partial charge in [0.05, 0.1) is 4.92 Å². The second-order valence-corrected chi connectivity index (χ2v) is 7.90. The van der Waals surface area contributed by atoms with E-state index < -0.39 is 20.9 Å². The minimum Gasteiger partial charge on any atom is -0.466 e. The van der Waals surface area contributed by atoms with Gasteiger partial charge < -0.3 is 15.4 Å². The number of carbonyl (C=O) groups is 2. The first-order valence-corrected chi connectivity index (χ1v) is 8.86. The molecule has 8 nitrogen and oxygen atoms in total. The van der Waals surface area contributed by atoms with Gasteiger partial charge >= 0.3 is 0 Å². The van der Waals surface area contributed by atoms with Crippen LogP contribution in [0.2, 0.25) is 0 Å². The monoisotopic (exact) mass is 445 g/mol. The van der Waals surface area contributed by atoms with Crippen LogP contribution >= 0.6 is 34.8 Å². The molecule has 1 atom stereocenters. The number of ether oxygens (including phenoxy) is 1. The fourth-order valence-electron chi connectivity index (χ4n) is 2.13. The van der Waals surface area contributed by atoms with Gasteiger partial charge in [-0.2, -0.15) is 0 Å². The number of nitrogens with zero attached hydrogens (tertiary/aromatic N) is 1. The van der Waals surface area contributed by atoms with Gasteiger partial charge in [0.15, 0.2) is 0 Å². The van der Waals surface area contributed by atoms with E-state index in [2.05, 4.69) is 10.6 Å². The Hall–Kier alpha value is -2.55. The number of amides is 2. The largest absolute Gasteiger partial charge is 0.466 e. The van der Waals surface area contributed by atoms with Crippen LogP contribution in [0.4, 0.5) is 11.4 Å². The highest BCUT2D eigenvalue weighted by Crippen LogP contribution is 2.32. The molecule has 11 heteroatoms. The molecule has 0 aliphatic heterocycles. The molecule has 0 aromatic heterocycles. The van der Waals surface area contributed by atoms with Crippen molar-refractivity contribution in [3.05, 3.63) is 64.2 Å². The number of halogens is 3. The predicted octanol–water partition coefficient (Wildman–Crippen LogP) is 4.06. The quantitative estimate of drug-likeness (QED) is 0.301.